The summed E-state index contributed by atoms with van der Waals surface area (Å²) in [6, 6.07) is 12.8. The van der Waals surface area contributed by atoms with Crippen LogP contribution in [0, 0.1) is 0 Å². The van der Waals surface area contributed by atoms with E-state index in [2.05, 4.69) is 0 Å². The Morgan fingerprint density at radius 3 is 1.46 bits per heavy atom. The molecule has 3 rings (SSSR count). The predicted octanol–water partition coefficient (Wildman–Crippen LogP) is 3.18. The fourth-order valence-corrected chi connectivity index (χ4v) is 4.19. The lowest BCUT2D eigenvalue weighted by atomic mass is 9.81. The quantitative estimate of drug-likeness (QED) is 0.206. The van der Waals surface area contributed by atoms with E-state index in [1.807, 2.05) is 0 Å². The van der Waals surface area contributed by atoms with E-state index < -0.39 is 47.7 Å². The fourth-order valence-electron chi connectivity index (χ4n) is 4.19. The topological polar surface area (TPSA) is 152 Å². The molecular weight excluding hydrogens is 536 g/mol. The molecule has 0 aromatic heterocycles. The van der Waals surface area contributed by atoms with Crippen molar-refractivity contribution in [3.05, 3.63) is 71.8 Å². The van der Waals surface area contributed by atoms with Crippen molar-refractivity contribution in [1.29, 1.82) is 0 Å². The average Bonchev–Trinajstić information content (AvgIpc) is 2.91. The minimum atomic E-state index is -2.03. The highest BCUT2D eigenvalue weighted by molar-refractivity contribution is 5.88. The van der Waals surface area contributed by atoms with Gasteiger partial charge in [0.2, 0.25) is 0 Å². The predicted molar refractivity (Wildman–Crippen MR) is 144 cm³/mol. The molecule has 0 unspecified atom stereocenters. The molecule has 0 aliphatic heterocycles. The average molecular weight is 567 g/mol. The van der Waals surface area contributed by atoms with Crippen LogP contribution in [0.3, 0.4) is 0 Å². The van der Waals surface area contributed by atoms with Gasteiger partial charge in [-0.1, -0.05) is 24.3 Å². The second-order valence-corrected chi connectivity index (χ2v) is 9.28. The molecule has 0 bridgehead atoms. The molecule has 41 heavy (non-hydrogen) atoms. The van der Waals surface area contributed by atoms with E-state index in [9.17, 15) is 29.1 Å². The minimum absolute atomic E-state index is 0.0482. The Labute approximate surface area is 236 Å². The summed E-state index contributed by atoms with van der Waals surface area (Å²) in [5.74, 6) is -2.62. The Balaban J connectivity index is 1.62. The summed E-state index contributed by atoms with van der Waals surface area (Å²) >= 11 is 0. The van der Waals surface area contributed by atoms with Gasteiger partial charge in [0.1, 0.15) is 23.7 Å². The van der Waals surface area contributed by atoms with E-state index in [1.165, 1.54) is 38.2 Å². The third kappa shape index (κ3) is 9.73. The maximum absolute atomic E-state index is 12.5. The monoisotopic (exact) mass is 566 g/mol. The van der Waals surface area contributed by atoms with E-state index >= 15 is 0 Å². The third-order valence-corrected chi connectivity index (χ3v) is 5.89. The summed E-state index contributed by atoms with van der Waals surface area (Å²) in [5.41, 5.74) is -0.769. The summed E-state index contributed by atoms with van der Waals surface area (Å²) < 4.78 is 25.5. The van der Waals surface area contributed by atoms with E-state index in [-0.39, 0.29) is 19.3 Å². The summed E-state index contributed by atoms with van der Waals surface area (Å²) in [7, 11) is 1.11. The van der Waals surface area contributed by atoms with Gasteiger partial charge in [-0.15, -0.1) is 0 Å². The number of ether oxygens (including phenoxy) is 5. The van der Waals surface area contributed by atoms with Crippen LogP contribution < -0.4 is 9.47 Å². The maximum atomic E-state index is 12.5. The Hall–Kier alpha value is -4.77. The fraction of sp³-hybridized carbons (Fsp3) is 0.300. The largest absolute Gasteiger partial charge is 0.467 e. The van der Waals surface area contributed by atoms with Gasteiger partial charge in [0, 0.05) is 45.3 Å². The number of rotatable bonds is 9. The number of benzene rings is 2. The molecule has 1 aliphatic carbocycles. The Kier molecular flexibility index (Phi) is 10.5. The number of hydrogen-bond acceptors (Lipinski definition) is 11. The standard InChI is InChI=1S/C30H30O11/c1-19(31)38-23-10-4-21(5-11-23)8-14-27(33)40-25-16-26(18-30(36,17-25)29(35)37-3)41-28(34)15-9-22-6-12-24(13-7-22)39-20(2)32/h4-15,25-26,36H,16-18H2,1-3H3/b14-8+,15-9+/t25-,26-/m0/s1. The number of carbonyl (C=O) groups is 5. The number of hydrogen-bond donors (Lipinski definition) is 1. The first-order valence-corrected chi connectivity index (χ1v) is 12.6. The zero-order valence-corrected chi connectivity index (χ0v) is 22.7. The van der Waals surface area contributed by atoms with Crippen LogP contribution in [0.2, 0.25) is 0 Å². The summed E-state index contributed by atoms with van der Waals surface area (Å²) in [6.45, 7) is 2.57. The number of carbonyl (C=O) groups excluding carboxylic acids is 5. The van der Waals surface area contributed by atoms with E-state index in [1.54, 1.807) is 48.5 Å². The van der Waals surface area contributed by atoms with Crippen molar-refractivity contribution in [1.82, 2.24) is 0 Å². The molecular formula is C30H30O11. The molecule has 216 valence electrons. The lowest BCUT2D eigenvalue weighted by Crippen LogP contribution is -2.51. The van der Waals surface area contributed by atoms with Crippen molar-refractivity contribution in [2.24, 2.45) is 0 Å². The first-order chi connectivity index (χ1) is 19.5. The van der Waals surface area contributed by atoms with Crippen LogP contribution in [0.25, 0.3) is 12.2 Å². The normalized spacial score (nSPS) is 20.3. The molecule has 2 aromatic carbocycles. The molecule has 2 aromatic rings. The van der Waals surface area contributed by atoms with Crippen molar-refractivity contribution in [2.75, 3.05) is 7.11 Å². The van der Waals surface area contributed by atoms with E-state index in [0.29, 0.717) is 22.6 Å². The van der Waals surface area contributed by atoms with Gasteiger partial charge in [-0.2, -0.15) is 0 Å². The van der Waals surface area contributed by atoms with Crippen LogP contribution in [-0.4, -0.2) is 59.9 Å². The molecule has 0 heterocycles. The summed E-state index contributed by atoms with van der Waals surface area (Å²) in [5, 5.41) is 10.9. The maximum Gasteiger partial charge on any atom is 0.338 e. The van der Waals surface area contributed by atoms with Gasteiger partial charge >= 0.3 is 29.8 Å². The van der Waals surface area contributed by atoms with Gasteiger partial charge in [-0.25, -0.2) is 14.4 Å². The minimum Gasteiger partial charge on any atom is -0.467 e. The molecule has 11 nitrogen and oxygen atoms in total. The first-order valence-electron chi connectivity index (χ1n) is 12.6. The van der Waals surface area contributed by atoms with Crippen molar-refractivity contribution in [3.8, 4) is 11.5 Å². The van der Waals surface area contributed by atoms with E-state index in [4.69, 9.17) is 23.7 Å². The van der Waals surface area contributed by atoms with Crippen LogP contribution in [0.1, 0.15) is 44.2 Å². The van der Waals surface area contributed by atoms with Gasteiger partial charge in [-0.05, 0) is 47.5 Å². The van der Waals surface area contributed by atoms with Crippen molar-refractivity contribution in [2.45, 2.75) is 50.9 Å². The van der Waals surface area contributed by atoms with Crippen LogP contribution in [0.4, 0.5) is 0 Å². The molecule has 1 fully saturated rings. The molecule has 1 saturated carbocycles. The molecule has 0 radical (unpaired) electrons. The van der Waals surface area contributed by atoms with Gasteiger partial charge < -0.3 is 28.8 Å². The van der Waals surface area contributed by atoms with Gasteiger partial charge in [-0.3, -0.25) is 9.59 Å². The molecule has 1 N–H and O–H groups in total. The molecule has 2 atom stereocenters. The smallest absolute Gasteiger partial charge is 0.338 e. The molecule has 0 amide bonds. The Morgan fingerprint density at radius 2 is 1.12 bits per heavy atom. The van der Waals surface area contributed by atoms with Crippen molar-refractivity contribution < 1.29 is 52.8 Å². The zero-order valence-electron chi connectivity index (χ0n) is 22.7. The van der Waals surface area contributed by atoms with Gasteiger partial charge in [0.15, 0.2) is 5.60 Å². The van der Waals surface area contributed by atoms with Crippen LogP contribution in [-0.2, 0) is 38.2 Å². The van der Waals surface area contributed by atoms with Gasteiger partial charge in [0.25, 0.3) is 0 Å². The highest BCUT2D eigenvalue weighted by Gasteiger charge is 2.48. The molecule has 1 aliphatic rings. The van der Waals surface area contributed by atoms with E-state index in [0.717, 1.165) is 7.11 Å². The number of esters is 5. The van der Waals surface area contributed by atoms with Crippen LogP contribution in [0.15, 0.2) is 60.7 Å². The van der Waals surface area contributed by atoms with Gasteiger partial charge in [0.05, 0.1) is 7.11 Å². The molecule has 11 heteroatoms. The number of aliphatic hydroxyl groups is 1. The Morgan fingerprint density at radius 1 is 0.732 bits per heavy atom. The second-order valence-electron chi connectivity index (χ2n) is 9.28. The lowest BCUT2D eigenvalue weighted by molar-refractivity contribution is -0.185. The van der Waals surface area contributed by atoms with Crippen molar-refractivity contribution in [3.63, 3.8) is 0 Å². The summed E-state index contributed by atoms with van der Waals surface area (Å²) in [4.78, 5) is 59.4. The highest BCUT2D eigenvalue weighted by Crippen LogP contribution is 2.33. The lowest BCUT2D eigenvalue weighted by Gasteiger charge is -2.37. The third-order valence-electron chi connectivity index (χ3n) is 5.89. The molecule has 0 saturated heterocycles. The number of methoxy groups -OCH3 is 1. The first kappa shape index (κ1) is 30.8. The van der Waals surface area contributed by atoms with Crippen molar-refractivity contribution >= 4 is 42.0 Å². The van der Waals surface area contributed by atoms with Crippen LogP contribution in [0.5, 0.6) is 11.5 Å². The van der Waals surface area contributed by atoms with Crippen LogP contribution >= 0.6 is 0 Å². The second kappa shape index (κ2) is 14.0. The highest BCUT2D eigenvalue weighted by atomic mass is 16.6. The molecule has 0 spiro atoms. The zero-order chi connectivity index (χ0) is 30.0. The summed E-state index contributed by atoms with van der Waals surface area (Å²) in [6.07, 6.45) is 2.97. The Bertz CT molecular complexity index is 1230. The SMILES string of the molecule is COC(=O)C1(O)C[C@@H](OC(=O)/C=C/c2ccc(OC(C)=O)cc2)C[C@H](OC(=O)/C=C/c2ccc(OC(C)=O)cc2)C1.